The summed E-state index contributed by atoms with van der Waals surface area (Å²) in [6.07, 6.45) is 7.31. The molecule has 1 N–H and O–H groups in total. The predicted octanol–water partition coefficient (Wildman–Crippen LogP) is 2.37. The van der Waals surface area contributed by atoms with Gasteiger partial charge in [0.1, 0.15) is 18.5 Å². The third-order valence-corrected chi connectivity index (χ3v) is 7.53. The van der Waals surface area contributed by atoms with Crippen molar-refractivity contribution < 1.29 is 9.72 Å². The van der Waals surface area contributed by atoms with Crippen LogP contribution in [-0.2, 0) is 17.6 Å². The Kier molecular flexibility index (Phi) is 4.08. The molecule has 8 heteroatoms. The van der Waals surface area contributed by atoms with Gasteiger partial charge in [0.05, 0.1) is 17.9 Å². The second-order valence-corrected chi connectivity index (χ2v) is 9.03. The number of rotatable bonds is 2. The number of hydrogen-bond acceptors (Lipinski definition) is 7. The second kappa shape index (κ2) is 6.77. The van der Waals surface area contributed by atoms with E-state index >= 15 is 0 Å². The number of nitrogens with zero attached hydrogens (tertiary/aromatic N) is 5. The first kappa shape index (κ1) is 16.9. The summed E-state index contributed by atoms with van der Waals surface area (Å²) in [5, 5.41) is 14.2. The largest absolute Gasteiger partial charge is 0.373 e. The standard InChI is InChI=1S/C20H24N6OS/c1-2-6-14-13(5-1)17-16(21-18(14)26-9-11-27-12-10-26)15-19(25-7-3-4-8-25)22-24-23-20(15)28-17/h1-12H2/p+1. The Labute approximate surface area is 167 Å². The number of pyridine rings is 1. The van der Waals surface area contributed by atoms with Crippen LogP contribution in [0.25, 0.3) is 20.4 Å². The number of aryl methyl sites for hydroxylation is 1. The molecule has 0 bridgehead atoms. The van der Waals surface area contributed by atoms with E-state index in [2.05, 4.69) is 30.2 Å². The van der Waals surface area contributed by atoms with E-state index in [0.29, 0.717) is 0 Å². The maximum Gasteiger partial charge on any atom is 0.278 e. The van der Waals surface area contributed by atoms with Crippen molar-refractivity contribution in [3.05, 3.63) is 11.1 Å². The zero-order valence-corrected chi connectivity index (χ0v) is 16.9. The van der Waals surface area contributed by atoms with Gasteiger partial charge in [-0.3, -0.25) is 4.90 Å². The van der Waals surface area contributed by atoms with E-state index in [1.807, 2.05) is 0 Å². The number of anilines is 2. The SMILES string of the molecule is C1CCc2c(c(N3CCOCC3)[nH+]c3c2sc2nnnc(N4CCCC4)c23)C1. The van der Waals surface area contributed by atoms with E-state index in [1.165, 1.54) is 58.2 Å². The lowest BCUT2D eigenvalue weighted by molar-refractivity contribution is -0.330. The van der Waals surface area contributed by atoms with Gasteiger partial charge in [-0.05, 0) is 49.3 Å². The molecule has 7 nitrogen and oxygen atoms in total. The normalized spacial score (nSPS) is 20.3. The van der Waals surface area contributed by atoms with Crippen LogP contribution in [0, 0.1) is 0 Å². The van der Waals surface area contributed by atoms with Gasteiger partial charge in [0.15, 0.2) is 16.2 Å². The molecule has 0 radical (unpaired) electrons. The highest BCUT2D eigenvalue weighted by Crippen LogP contribution is 2.41. The molecular weight excluding hydrogens is 372 g/mol. The Bertz CT molecular complexity index is 1040. The van der Waals surface area contributed by atoms with Crippen molar-refractivity contribution in [2.45, 2.75) is 38.5 Å². The van der Waals surface area contributed by atoms with Crippen LogP contribution in [-0.4, -0.2) is 54.8 Å². The molecule has 0 saturated carbocycles. The van der Waals surface area contributed by atoms with Crippen LogP contribution in [0.3, 0.4) is 0 Å². The third-order valence-electron chi connectivity index (χ3n) is 6.39. The maximum absolute atomic E-state index is 5.61. The van der Waals surface area contributed by atoms with Crippen LogP contribution in [0.5, 0.6) is 0 Å². The van der Waals surface area contributed by atoms with Gasteiger partial charge in [-0.1, -0.05) is 0 Å². The van der Waals surface area contributed by atoms with Gasteiger partial charge in [-0.15, -0.1) is 21.5 Å². The zero-order chi connectivity index (χ0) is 18.5. The summed E-state index contributed by atoms with van der Waals surface area (Å²) in [6.45, 7) is 5.63. The summed E-state index contributed by atoms with van der Waals surface area (Å²) < 4.78 is 6.97. The molecule has 0 amide bonds. The summed E-state index contributed by atoms with van der Waals surface area (Å²) in [6, 6.07) is 0. The fourth-order valence-corrected chi connectivity index (χ4v) is 6.17. The molecule has 0 atom stereocenters. The van der Waals surface area contributed by atoms with Crippen LogP contribution in [0.4, 0.5) is 11.6 Å². The van der Waals surface area contributed by atoms with Gasteiger partial charge in [-0.25, -0.2) is 4.98 Å². The van der Waals surface area contributed by atoms with E-state index in [0.717, 1.165) is 62.9 Å². The van der Waals surface area contributed by atoms with Gasteiger partial charge < -0.3 is 9.64 Å². The molecule has 0 spiro atoms. The molecule has 6 rings (SSSR count). The lowest BCUT2D eigenvalue weighted by atomic mass is 9.91. The second-order valence-electron chi connectivity index (χ2n) is 8.03. The number of thiophene rings is 1. The minimum Gasteiger partial charge on any atom is -0.373 e. The van der Waals surface area contributed by atoms with Crippen molar-refractivity contribution in [2.75, 3.05) is 49.2 Å². The number of fused-ring (bicyclic) bond motifs is 5. The topological polar surface area (TPSA) is 68.5 Å². The molecule has 2 aliphatic heterocycles. The molecule has 146 valence electrons. The van der Waals surface area contributed by atoms with Crippen molar-refractivity contribution in [1.82, 2.24) is 15.4 Å². The Hall–Kier alpha value is -2.06. The van der Waals surface area contributed by atoms with E-state index < -0.39 is 0 Å². The van der Waals surface area contributed by atoms with Gasteiger partial charge in [0.2, 0.25) is 0 Å². The first-order valence-corrected chi connectivity index (χ1v) is 11.3. The number of H-pyrrole nitrogens is 1. The fraction of sp³-hybridized carbons (Fsp3) is 0.600. The Morgan fingerprint density at radius 2 is 1.64 bits per heavy atom. The van der Waals surface area contributed by atoms with Crippen molar-refractivity contribution in [2.24, 2.45) is 0 Å². The van der Waals surface area contributed by atoms with E-state index in [4.69, 9.17) is 4.74 Å². The van der Waals surface area contributed by atoms with Crippen LogP contribution in [0.1, 0.15) is 36.8 Å². The number of nitrogens with one attached hydrogen (secondary N) is 1. The first-order valence-electron chi connectivity index (χ1n) is 10.5. The minimum atomic E-state index is 0.803. The van der Waals surface area contributed by atoms with Crippen LogP contribution in [0.15, 0.2) is 0 Å². The van der Waals surface area contributed by atoms with Gasteiger partial charge >= 0.3 is 0 Å². The van der Waals surface area contributed by atoms with Crippen molar-refractivity contribution in [1.29, 1.82) is 0 Å². The molecule has 1 aliphatic carbocycles. The number of morpholine rings is 1. The van der Waals surface area contributed by atoms with E-state index in [-0.39, 0.29) is 0 Å². The van der Waals surface area contributed by atoms with Gasteiger partial charge in [-0.2, -0.15) is 0 Å². The number of aromatic nitrogens is 4. The summed E-state index contributed by atoms with van der Waals surface area (Å²) in [7, 11) is 0. The molecule has 3 aromatic heterocycles. The van der Waals surface area contributed by atoms with Crippen molar-refractivity contribution in [3.63, 3.8) is 0 Å². The van der Waals surface area contributed by atoms with Crippen molar-refractivity contribution >= 4 is 43.4 Å². The molecule has 0 aromatic carbocycles. The van der Waals surface area contributed by atoms with Crippen molar-refractivity contribution in [3.8, 4) is 0 Å². The average Bonchev–Trinajstić information content (AvgIpc) is 3.42. The van der Waals surface area contributed by atoms with Gasteiger partial charge in [0, 0.05) is 18.7 Å². The number of ether oxygens (including phenoxy) is 1. The molecule has 5 heterocycles. The smallest absolute Gasteiger partial charge is 0.278 e. The highest BCUT2D eigenvalue weighted by molar-refractivity contribution is 7.25. The zero-order valence-electron chi connectivity index (χ0n) is 16.0. The highest BCUT2D eigenvalue weighted by Gasteiger charge is 2.31. The summed E-state index contributed by atoms with van der Waals surface area (Å²) in [5.41, 5.74) is 4.25. The first-order chi connectivity index (χ1) is 13.9. The molecule has 3 aromatic rings. The number of hydrogen-bond donors (Lipinski definition) is 0. The van der Waals surface area contributed by atoms with E-state index in [9.17, 15) is 0 Å². The monoisotopic (exact) mass is 397 g/mol. The molecule has 0 unspecified atom stereocenters. The Morgan fingerprint density at radius 1 is 0.857 bits per heavy atom. The lowest BCUT2D eigenvalue weighted by Gasteiger charge is -2.26. The average molecular weight is 398 g/mol. The Morgan fingerprint density at radius 3 is 2.46 bits per heavy atom. The van der Waals surface area contributed by atoms with Gasteiger partial charge in [0.25, 0.3) is 5.82 Å². The quantitative estimate of drug-likeness (QED) is 0.661. The summed E-state index contributed by atoms with van der Waals surface area (Å²) >= 11 is 1.79. The molecule has 2 saturated heterocycles. The van der Waals surface area contributed by atoms with Crippen LogP contribution < -0.4 is 14.8 Å². The Balaban J connectivity index is 1.62. The highest BCUT2D eigenvalue weighted by atomic mass is 32.1. The van der Waals surface area contributed by atoms with E-state index in [1.54, 1.807) is 11.3 Å². The molecule has 2 fully saturated rings. The summed E-state index contributed by atoms with van der Waals surface area (Å²) in [5.74, 6) is 2.31. The fourth-order valence-electron chi connectivity index (χ4n) is 5.00. The molecular formula is C20H25N6OS+. The molecule has 3 aliphatic rings. The maximum atomic E-state index is 5.61. The lowest BCUT2D eigenvalue weighted by Crippen LogP contribution is -2.40. The minimum absolute atomic E-state index is 0.803. The summed E-state index contributed by atoms with van der Waals surface area (Å²) in [4.78, 5) is 9.73. The predicted molar refractivity (Wildman–Crippen MR) is 110 cm³/mol. The van der Waals surface area contributed by atoms with Crippen LogP contribution in [0.2, 0.25) is 0 Å². The third kappa shape index (κ3) is 2.58. The number of aromatic amines is 1. The van der Waals surface area contributed by atoms with Crippen LogP contribution >= 0.6 is 11.3 Å². The molecule has 28 heavy (non-hydrogen) atoms.